The fraction of sp³-hybridized carbons (Fsp3) is 0.308. The summed E-state index contributed by atoms with van der Waals surface area (Å²) < 4.78 is 1.79. The van der Waals surface area contributed by atoms with Gasteiger partial charge in [0.05, 0.1) is 5.02 Å². The Hall–Kier alpha value is -1.59. The smallest absolute Gasteiger partial charge is 0.274 e. The van der Waals surface area contributed by atoms with Gasteiger partial charge < -0.3 is 4.57 Å². The third kappa shape index (κ3) is 3.29. The van der Waals surface area contributed by atoms with Crippen molar-refractivity contribution in [3.05, 3.63) is 39.9 Å². The van der Waals surface area contributed by atoms with E-state index in [1.807, 2.05) is 13.8 Å². The second-order valence-corrected chi connectivity index (χ2v) is 5.48. The van der Waals surface area contributed by atoms with Crippen LogP contribution in [0.2, 0.25) is 10.2 Å². The minimum absolute atomic E-state index is 0.116. The second kappa shape index (κ2) is 5.81. The highest BCUT2D eigenvalue weighted by atomic mass is 35.5. The van der Waals surface area contributed by atoms with E-state index in [9.17, 15) is 4.79 Å². The number of hydrogen-bond acceptors (Lipinski definition) is 3. The van der Waals surface area contributed by atoms with Crippen LogP contribution >= 0.6 is 23.2 Å². The van der Waals surface area contributed by atoms with Crippen LogP contribution in [0.4, 0.5) is 5.95 Å². The van der Waals surface area contributed by atoms with Gasteiger partial charge in [0, 0.05) is 17.9 Å². The normalized spacial score (nSPS) is 10.9. The molecule has 0 radical (unpaired) electrons. The van der Waals surface area contributed by atoms with Crippen LogP contribution in [0.25, 0.3) is 0 Å². The first-order valence-electron chi connectivity index (χ1n) is 6.06. The Bertz CT molecular complexity index is 632. The maximum atomic E-state index is 12.3. The van der Waals surface area contributed by atoms with E-state index in [-0.39, 0.29) is 23.1 Å². The summed E-state index contributed by atoms with van der Waals surface area (Å²) in [5.74, 6) is -0.153. The Morgan fingerprint density at radius 1 is 1.30 bits per heavy atom. The van der Waals surface area contributed by atoms with Gasteiger partial charge in [-0.3, -0.25) is 10.1 Å². The van der Waals surface area contributed by atoms with Gasteiger partial charge in [0.15, 0.2) is 0 Å². The number of carbonyl (C=O) groups excluding carboxylic acids is 1. The first-order chi connectivity index (χ1) is 9.36. The summed E-state index contributed by atoms with van der Waals surface area (Å²) in [5.41, 5.74) is 1.13. The fourth-order valence-corrected chi connectivity index (χ4v) is 2.25. The fourth-order valence-electron chi connectivity index (χ4n) is 1.81. The molecule has 106 valence electrons. The highest BCUT2D eigenvalue weighted by molar-refractivity contribution is 6.31. The quantitative estimate of drug-likeness (QED) is 0.878. The van der Waals surface area contributed by atoms with Gasteiger partial charge in [0.25, 0.3) is 5.91 Å². The van der Waals surface area contributed by atoms with E-state index >= 15 is 0 Å². The van der Waals surface area contributed by atoms with Gasteiger partial charge in [-0.2, -0.15) is 0 Å². The lowest BCUT2D eigenvalue weighted by Gasteiger charge is -2.12. The summed E-state index contributed by atoms with van der Waals surface area (Å²) in [6.45, 7) is 5.71. The van der Waals surface area contributed by atoms with Gasteiger partial charge in [-0.05, 0) is 32.9 Å². The lowest BCUT2D eigenvalue weighted by Crippen LogP contribution is -2.19. The first kappa shape index (κ1) is 14.8. The highest BCUT2D eigenvalue weighted by Gasteiger charge is 2.16. The molecule has 5 nitrogen and oxygen atoms in total. The molecule has 0 spiro atoms. The molecular formula is C13H14Cl2N4O. The Labute approximate surface area is 126 Å². The van der Waals surface area contributed by atoms with Crippen molar-refractivity contribution in [3.8, 4) is 0 Å². The molecule has 7 heteroatoms. The number of nitrogens with zero attached hydrogens (tertiary/aromatic N) is 3. The third-order valence-corrected chi connectivity index (χ3v) is 3.05. The van der Waals surface area contributed by atoms with Crippen molar-refractivity contribution in [1.29, 1.82) is 0 Å². The zero-order valence-corrected chi connectivity index (χ0v) is 12.8. The van der Waals surface area contributed by atoms with Crippen LogP contribution in [0.15, 0.2) is 18.3 Å². The predicted octanol–water partition coefficient (Wildman–Crippen LogP) is 3.73. The van der Waals surface area contributed by atoms with Crippen molar-refractivity contribution in [3.63, 3.8) is 0 Å². The molecule has 2 aromatic rings. The predicted molar refractivity (Wildman–Crippen MR) is 79.6 cm³/mol. The van der Waals surface area contributed by atoms with Crippen LogP contribution < -0.4 is 5.32 Å². The number of halogens is 2. The van der Waals surface area contributed by atoms with Crippen LogP contribution in [0.3, 0.4) is 0 Å². The van der Waals surface area contributed by atoms with E-state index in [1.165, 1.54) is 0 Å². The molecule has 0 bridgehead atoms. The molecule has 0 saturated carbocycles. The molecule has 20 heavy (non-hydrogen) atoms. The lowest BCUT2D eigenvalue weighted by molar-refractivity contribution is 0.101. The molecule has 0 atom stereocenters. The van der Waals surface area contributed by atoms with Crippen LogP contribution in [0, 0.1) is 6.92 Å². The van der Waals surface area contributed by atoms with Crippen molar-refractivity contribution in [1.82, 2.24) is 14.5 Å². The standard InChI is InChI=1S/C13H14Cl2N4O/c1-7(2)19-6-9(14)5-10(19)12(20)18-13-16-8(3)4-11(15)17-13/h4-7H,1-3H3,(H,16,17,18,20). The molecule has 0 aliphatic heterocycles. The van der Waals surface area contributed by atoms with Crippen molar-refractivity contribution >= 4 is 35.1 Å². The third-order valence-electron chi connectivity index (χ3n) is 2.65. The molecule has 2 aromatic heterocycles. The van der Waals surface area contributed by atoms with E-state index in [0.717, 1.165) is 0 Å². The Morgan fingerprint density at radius 3 is 2.60 bits per heavy atom. The van der Waals surface area contributed by atoms with Crippen molar-refractivity contribution < 1.29 is 4.79 Å². The zero-order chi connectivity index (χ0) is 14.9. The van der Waals surface area contributed by atoms with Gasteiger partial charge in [-0.25, -0.2) is 9.97 Å². The number of amides is 1. The number of aryl methyl sites for hydroxylation is 1. The summed E-state index contributed by atoms with van der Waals surface area (Å²) >= 11 is 11.8. The lowest BCUT2D eigenvalue weighted by atomic mass is 10.3. The minimum Gasteiger partial charge on any atom is -0.339 e. The average Bonchev–Trinajstić information content (AvgIpc) is 2.70. The maximum absolute atomic E-state index is 12.3. The van der Waals surface area contributed by atoms with Gasteiger partial charge in [-0.15, -0.1) is 0 Å². The van der Waals surface area contributed by atoms with Crippen molar-refractivity contribution in [2.24, 2.45) is 0 Å². The summed E-state index contributed by atoms with van der Waals surface area (Å²) in [4.78, 5) is 20.3. The maximum Gasteiger partial charge on any atom is 0.274 e. The van der Waals surface area contributed by atoms with Crippen LogP contribution in [-0.4, -0.2) is 20.4 Å². The molecule has 1 amide bonds. The van der Waals surface area contributed by atoms with E-state index in [0.29, 0.717) is 16.4 Å². The van der Waals surface area contributed by atoms with E-state index < -0.39 is 0 Å². The van der Waals surface area contributed by atoms with Crippen molar-refractivity contribution in [2.45, 2.75) is 26.8 Å². The minimum atomic E-state index is -0.327. The summed E-state index contributed by atoms with van der Waals surface area (Å²) in [6, 6.07) is 3.34. The Morgan fingerprint density at radius 2 is 2.00 bits per heavy atom. The number of hydrogen-bond donors (Lipinski definition) is 1. The van der Waals surface area contributed by atoms with Crippen LogP contribution in [0.1, 0.15) is 36.1 Å². The number of nitrogens with one attached hydrogen (secondary N) is 1. The molecular weight excluding hydrogens is 299 g/mol. The van der Waals surface area contributed by atoms with E-state index in [4.69, 9.17) is 23.2 Å². The van der Waals surface area contributed by atoms with Crippen LogP contribution in [-0.2, 0) is 0 Å². The highest BCUT2D eigenvalue weighted by Crippen LogP contribution is 2.20. The molecule has 0 unspecified atom stereocenters. The molecule has 0 aromatic carbocycles. The Balaban J connectivity index is 2.28. The second-order valence-electron chi connectivity index (χ2n) is 4.65. The van der Waals surface area contributed by atoms with Gasteiger partial charge in [0.1, 0.15) is 10.8 Å². The van der Waals surface area contributed by atoms with Gasteiger partial charge in [-0.1, -0.05) is 23.2 Å². The Kier molecular flexibility index (Phi) is 4.30. The number of anilines is 1. The first-order valence-corrected chi connectivity index (χ1v) is 6.82. The molecule has 0 aliphatic rings. The van der Waals surface area contributed by atoms with E-state index in [1.54, 1.807) is 29.8 Å². The zero-order valence-electron chi connectivity index (χ0n) is 11.3. The molecule has 2 rings (SSSR count). The number of carbonyl (C=O) groups is 1. The monoisotopic (exact) mass is 312 g/mol. The van der Waals surface area contributed by atoms with Gasteiger partial charge >= 0.3 is 0 Å². The largest absolute Gasteiger partial charge is 0.339 e. The molecule has 2 heterocycles. The molecule has 0 saturated heterocycles. The summed E-state index contributed by atoms with van der Waals surface area (Å²) in [7, 11) is 0. The van der Waals surface area contributed by atoms with Gasteiger partial charge in [0.2, 0.25) is 5.95 Å². The molecule has 0 aliphatic carbocycles. The summed E-state index contributed by atoms with van der Waals surface area (Å²) in [5, 5.41) is 3.41. The SMILES string of the molecule is Cc1cc(Cl)nc(NC(=O)c2cc(Cl)cn2C(C)C)n1. The number of aromatic nitrogens is 3. The topological polar surface area (TPSA) is 59.8 Å². The molecule has 0 fully saturated rings. The average molecular weight is 313 g/mol. The van der Waals surface area contributed by atoms with Crippen molar-refractivity contribution in [2.75, 3.05) is 5.32 Å². The van der Waals surface area contributed by atoms with E-state index in [2.05, 4.69) is 15.3 Å². The number of rotatable bonds is 3. The summed E-state index contributed by atoms with van der Waals surface area (Å²) in [6.07, 6.45) is 1.71. The van der Waals surface area contributed by atoms with Crippen LogP contribution in [0.5, 0.6) is 0 Å². The molecule has 1 N–H and O–H groups in total.